The van der Waals surface area contributed by atoms with E-state index in [0.29, 0.717) is 24.7 Å². The number of nitrogens with two attached hydrogens (primary N) is 1. The third-order valence-corrected chi connectivity index (χ3v) is 3.98. The number of anilines is 1. The monoisotopic (exact) mass is 302 g/mol. The standard InChI is InChI=1S/C15H15FN4S/c1-20(8-10-2-4-11(16)5-3-10)9-13-18-14(17)12-6-7-21-15(12)19-13/h2-7H,8-9H2,1H3,(H2,17,18,19). The second-order valence-electron chi connectivity index (χ2n) is 4.96. The number of fused-ring (bicyclic) bond motifs is 1. The van der Waals surface area contributed by atoms with Gasteiger partial charge in [-0.1, -0.05) is 12.1 Å². The number of aromatic nitrogens is 2. The van der Waals surface area contributed by atoms with Crippen molar-refractivity contribution < 1.29 is 4.39 Å². The highest BCUT2D eigenvalue weighted by atomic mass is 32.1. The van der Waals surface area contributed by atoms with Gasteiger partial charge in [-0.2, -0.15) is 0 Å². The van der Waals surface area contributed by atoms with Crippen LogP contribution in [-0.4, -0.2) is 21.9 Å². The maximum absolute atomic E-state index is 12.9. The largest absolute Gasteiger partial charge is 0.383 e. The second kappa shape index (κ2) is 5.75. The quantitative estimate of drug-likeness (QED) is 0.805. The fourth-order valence-corrected chi connectivity index (χ4v) is 2.98. The molecule has 0 fully saturated rings. The molecule has 3 rings (SSSR count). The highest BCUT2D eigenvalue weighted by Gasteiger charge is 2.09. The van der Waals surface area contributed by atoms with Gasteiger partial charge in [-0.15, -0.1) is 11.3 Å². The Morgan fingerprint density at radius 2 is 1.90 bits per heavy atom. The Kier molecular flexibility index (Phi) is 3.81. The van der Waals surface area contributed by atoms with Gasteiger partial charge in [0.15, 0.2) is 0 Å². The van der Waals surface area contributed by atoms with Crippen LogP contribution in [0.15, 0.2) is 35.7 Å². The minimum atomic E-state index is -0.222. The molecular formula is C15H15FN4S. The summed E-state index contributed by atoms with van der Waals surface area (Å²) >= 11 is 1.56. The summed E-state index contributed by atoms with van der Waals surface area (Å²) in [5, 5.41) is 2.87. The summed E-state index contributed by atoms with van der Waals surface area (Å²) in [7, 11) is 1.97. The molecule has 6 heteroatoms. The summed E-state index contributed by atoms with van der Waals surface area (Å²) in [6, 6.07) is 8.43. The molecule has 0 spiro atoms. The van der Waals surface area contributed by atoms with Crippen molar-refractivity contribution in [3.63, 3.8) is 0 Å². The lowest BCUT2D eigenvalue weighted by Gasteiger charge is -2.16. The minimum absolute atomic E-state index is 0.222. The van der Waals surface area contributed by atoms with E-state index in [1.165, 1.54) is 12.1 Å². The fourth-order valence-electron chi connectivity index (χ4n) is 2.19. The van der Waals surface area contributed by atoms with Crippen molar-refractivity contribution in [1.29, 1.82) is 0 Å². The molecule has 2 aromatic heterocycles. The molecule has 0 aliphatic heterocycles. The maximum atomic E-state index is 12.9. The van der Waals surface area contributed by atoms with Crippen molar-refractivity contribution in [2.24, 2.45) is 0 Å². The summed E-state index contributed by atoms with van der Waals surface area (Å²) in [5.74, 6) is 0.999. The molecule has 108 valence electrons. The van der Waals surface area contributed by atoms with Crippen molar-refractivity contribution in [3.8, 4) is 0 Å². The third-order valence-electron chi connectivity index (χ3n) is 3.18. The van der Waals surface area contributed by atoms with E-state index in [0.717, 1.165) is 15.8 Å². The van der Waals surface area contributed by atoms with Crippen LogP contribution >= 0.6 is 11.3 Å². The lowest BCUT2D eigenvalue weighted by molar-refractivity contribution is 0.311. The van der Waals surface area contributed by atoms with Gasteiger partial charge < -0.3 is 5.73 Å². The zero-order chi connectivity index (χ0) is 14.8. The van der Waals surface area contributed by atoms with E-state index < -0.39 is 0 Å². The molecule has 4 nitrogen and oxygen atoms in total. The Balaban J connectivity index is 1.73. The molecule has 1 aromatic carbocycles. The second-order valence-corrected chi connectivity index (χ2v) is 5.86. The number of halogens is 1. The first-order valence-corrected chi connectivity index (χ1v) is 7.42. The molecule has 2 N–H and O–H groups in total. The Morgan fingerprint density at radius 1 is 1.14 bits per heavy atom. The average Bonchev–Trinajstić information content (AvgIpc) is 2.90. The summed E-state index contributed by atoms with van der Waals surface area (Å²) in [4.78, 5) is 11.8. The molecule has 3 aromatic rings. The smallest absolute Gasteiger partial charge is 0.146 e. The zero-order valence-electron chi connectivity index (χ0n) is 11.6. The van der Waals surface area contributed by atoms with Crippen LogP contribution < -0.4 is 5.73 Å². The predicted molar refractivity (Wildman–Crippen MR) is 83.4 cm³/mol. The number of benzene rings is 1. The van der Waals surface area contributed by atoms with E-state index in [-0.39, 0.29) is 5.82 Å². The summed E-state index contributed by atoms with van der Waals surface area (Å²) in [6.45, 7) is 1.29. The predicted octanol–water partition coefficient (Wildman–Crippen LogP) is 3.04. The van der Waals surface area contributed by atoms with Gasteiger partial charge in [0.1, 0.15) is 22.3 Å². The highest BCUT2D eigenvalue weighted by molar-refractivity contribution is 7.16. The van der Waals surface area contributed by atoms with E-state index in [1.807, 2.05) is 18.5 Å². The zero-order valence-corrected chi connectivity index (χ0v) is 12.4. The molecule has 0 aliphatic carbocycles. The van der Waals surface area contributed by atoms with Crippen LogP contribution in [0.2, 0.25) is 0 Å². The van der Waals surface area contributed by atoms with Crippen molar-refractivity contribution in [3.05, 3.63) is 52.9 Å². The highest BCUT2D eigenvalue weighted by Crippen LogP contribution is 2.23. The molecule has 0 aliphatic rings. The topological polar surface area (TPSA) is 55.0 Å². The van der Waals surface area contributed by atoms with Gasteiger partial charge in [-0.25, -0.2) is 14.4 Å². The number of hydrogen-bond acceptors (Lipinski definition) is 5. The number of thiophene rings is 1. The van der Waals surface area contributed by atoms with Gasteiger partial charge in [0, 0.05) is 6.54 Å². The van der Waals surface area contributed by atoms with Gasteiger partial charge >= 0.3 is 0 Å². The average molecular weight is 302 g/mol. The Hall–Kier alpha value is -2.05. The Bertz CT molecular complexity index is 754. The van der Waals surface area contributed by atoms with Gasteiger partial charge in [0.2, 0.25) is 0 Å². The number of nitrogens with zero attached hydrogens (tertiary/aromatic N) is 3. The summed E-state index contributed by atoms with van der Waals surface area (Å²) in [5.41, 5.74) is 6.99. The molecule has 0 atom stereocenters. The van der Waals surface area contributed by atoms with Crippen LogP contribution in [0.25, 0.3) is 10.2 Å². The molecule has 0 saturated carbocycles. The van der Waals surface area contributed by atoms with E-state index in [2.05, 4.69) is 14.9 Å². The normalized spacial score (nSPS) is 11.4. The number of nitrogen functional groups attached to an aromatic ring is 1. The van der Waals surface area contributed by atoms with Crippen molar-refractivity contribution in [1.82, 2.24) is 14.9 Å². The van der Waals surface area contributed by atoms with Gasteiger partial charge in [0.25, 0.3) is 0 Å². The van der Waals surface area contributed by atoms with Crippen LogP contribution in [0.3, 0.4) is 0 Å². The number of hydrogen-bond donors (Lipinski definition) is 1. The maximum Gasteiger partial charge on any atom is 0.146 e. The SMILES string of the molecule is CN(Cc1ccc(F)cc1)Cc1nc(N)c2ccsc2n1. The third kappa shape index (κ3) is 3.17. The van der Waals surface area contributed by atoms with Gasteiger partial charge in [-0.05, 0) is 36.2 Å². The summed E-state index contributed by atoms with van der Waals surface area (Å²) < 4.78 is 12.9. The van der Waals surface area contributed by atoms with E-state index in [4.69, 9.17) is 5.73 Å². The van der Waals surface area contributed by atoms with E-state index in [1.54, 1.807) is 23.5 Å². The molecule has 0 unspecified atom stereocenters. The first-order valence-electron chi connectivity index (χ1n) is 6.54. The molecule has 0 saturated heterocycles. The minimum Gasteiger partial charge on any atom is -0.383 e. The molecule has 0 amide bonds. The van der Waals surface area contributed by atoms with Gasteiger partial charge in [0.05, 0.1) is 11.9 Å². The Labute approximate surface area is 126 Å². The lowest BCUT2D eigenvalue weighted by atomic mass is 10.2. The number of rotatable bonds is 4. The van der Waals surface area contributed by atoms with E-state index >= 15 is 0 Å². The molecule has 2 heterocycles. The molecule has 0 radical (unpaired) electrons. The van der Waals surface area contributed by atoms with Crippen LogP contribution in [-0.2, 0) is 13.1 Å². The van der Waals surface area contributed by atoms with Crippen LogP contribution in [0, 0.1) is 5.82 Å². The molecular weight excluding hydrogens is 287 g/mol. The summed E-state index contributed by atoms with van der Waals surface area (Å²) in [6.07, 6.45) is 0. The Morgan fingerprint density at radius 3 is 2.67 bits per heavy atom. The van der Waals surface area contributed by atoms with Crippen molar-refractivity contribution in [2.75, 3.05) is 12.8 Å². The van der Waals surface area contributed by atoms with E-state index in [9.17, 15) is 4.39 Å². The first kappa shape index (κ1) is 13.9. The fraction of sp³-hybridized carbons (Fsp3) is 0.200. The van der Waals surface area contributed by atoms with Crippen molar-refractivity contribution in [2.45, 2.75) is 13.1 Å². The van der Waals surface area contributed by atoms with Crippen LogP contribution in [0.5, 0.6) is 0 Å². The van der Waals surface area contributed by atoms with Crippen LogP contribution in [0.4, 0.5) is 10.2 Å². The first-order chi connectivity index (χ1) is 10.1. The van der Waals surface area contributed by atoms with Gasteiger partial charge in [-0.3, -0.25) is 4.90 Å². The van der Waals surface area contributed by atoms with Crippen molar-refractivity contribution >= 4 is 27.4 Å². The lowest BCUT2D eigenvalue weighted by Crippen LogP contribution is -2.19. The molecule has 0 bridgehead atoms. The molecule has 21 heavy (non-hydrogen) atoms. The van der Waals surface area contributed by atoms with Crippen LogP contribution in [0.1, 0.15) is 11.4 Å².